The molecule has 0 radical (unpaired) electrons. The van der Waals surface area contributed by atoms with Crippen molar-refractivity contribution in [2.24, 2.45) is 0 Å². The van der Waals surface area contributed by atoms with E-state index in [9.17, 15) is 9.59 Å². The van der Waals surface area contributed by atoms with E-state index >= 15 is 0 Å². The first-order valence-electron chi connectivity index (χ1n) is 9.97. The monoisotopic (exact) mass is 417 g/mol. The van der Waals surface area contributed by atoms with Crippen LogP contribution in [0.4, 0.5) is 15.6 Å². The SMILES string of the molecule is CCOC(=O)N1CC[NH+](Cc2csc(N(C(C)=O)c3c(C)cccc3C)n2)CC1. The minimum atomic E-state index is -0.229. The molecule has 0 spiro atoms. The van der Waals surface area contributed by atoms with E-state index < -0.39 is 0 Å². The quantitative estimate of drug-likeness (QED) is 0.811. The van der Waals surface area contributed by atoms with Crippen LogP contribution in [0.3, 0.4) is 0 Å². The zero-order valence-corrected chi connectivity index (χ0v) is 18.3. The van der Waals surface area contributed by atoms with Gasteiger partial charge >= 0.3 is 6.09 Å². The van der Waals surface area contributed by atoms with Crippen LogP contribution in [0.5, 0.6) is 0 Å². The van der Waals surface area contributed by atoms with Gasteiger partial charge in [-0.2, -0.15) is 0 Å². The summed E-state index contributed by atoms with van der Waals surface area (Å²) >= 11 is 1.49. The van der Waals surface area contributed by atoms with Crippen molar-refractivity contribution in [3.63, 3.8) is 0 Å². The van der Waals surface area contributed by atoms with E-state index in [1.165, 1.54) is 16.2 Å². The first kappa shape index (κ1) is 21.3. The van der Waals surface area contributed by atoms with Crippen molar-refractivity contribution in [3.05, 3.63) is 40.4 Å². The van der Waals surface area contributed by atoms with E-state index in [4.69, 9.17) is 9.72 Å². The molecule has 29 heavy (non-hydrogen) atoms. The van der Waals surface area contributed by atoms with E-state index in [2.05, 4.69) is 0 Å². The van der Waals surface area contributed by atoms with Crippen molar-refractivity contribution in [2.45, 2.75) is 34.2 Å². The minimum Gasteiger partial charge on any atom is -0.450 e. The molecule has 2 heterocycles. The molecule has 0 aliphatic carbocycles. The summed E-state index contributed by atoms with van der Waals surface area (Å²) in [6.45, 7) is 11.7. The van der Waals surface area contributed by atoms with Gasteiger partial charge in [-0.05, 0) is 31.9 Å². The van der Waals surface area contributed by atoms with Gasteiger partial charge in [0.05, 0.1) is 38.5 Å². The second-order valence-corrected chi connectivity index (χ2v) is 8.17. The summed E-state index contributed by atoms with van der Waals surface area (Å²) in [5.74, 6) is -0.0429. The van der Waals surface area contributed by atoms with Gasteiger partial charge in [0.25, 0.3) is 0 Å². The molecule has 0 unspecified atom stereocenters. The number of aryl methyl sites for hydroxylation is 2. The zero-order valence-electron chi connectivity index (χ0n) is 17.5. The van der Waals surface area contributed by atoms with Gasteiger partial charge < -0.3 is 9.64 Å². The van der Waals surface area contributed by atoms with Gasteiger partial charge in [0.15, 0.2) is 5.13 Å². The number of rotatable bonds is 5. The fourth-order valence-corrected chi connectivity index (χ4v) is 4.55. The lowest BCUT2D eigenvalue weighted by Gasteiger charge is -2.31. The second kappa shape index (κ2) is 9.37. The number of aromatic nitrogens is 1. The maximum atomic E-state index is 12.4. The Balaban J connectivity index is 1.69. The number of quaternary nitrogens is 1. The Bertz CT molecular complexity index is 854. The topological polar surface area (TPSA) is 67.2 Å². The van der Waals surface area contributed by atoms with Gasteiger partial charge in [-0.1, -0.05) is 18.2 Å². The van der Waals surface area contributed by atoms with Crippen LogP contribution in [0.15, 0.2) is 23.6 Å². The Morgan fingerprint density at radius 1 is 1.24 bits per heavy atom. The summed E-state index contributed by atoms with van der Waals surface area (Å²) in [4.78, 5) is 33.9. The fraction of sp³-hybridized carbons (Fsp3) is 0.476. The van der Waals surface area contributed by atoms with E-state index in [-0.39, 0.29) is 12.0 Å². The van der Waals surface area contributed by atoms with Gasteiger partial charge in [-0.3, -0.25) is 14.6 Å². The predicted molar refractivity (Wildman–Crippen MR) is 114 cm³/mol. The van der Waals surface area contributed by atoms with E-state index in [1.54, 1.807) is 16.7 Å². The largest absolute Gasteiger partial charge is 0.450 e. The number of ether oxygens (including phenoxy) is 1. The van der Waals surface area contributed by atoms with Crippen LogP contribution in [-0.2, 0) is 16.1 Å². The molecule has 1 N–H and O–H groups in total. The number of hydrogen-bond acceptors (Lipinski definition) is 5. The smallest absolute Gasteiger partial charge is 0.410 e. The third-order valence-corrected chi connectivity index (χ3v) is 6.01. The number of carbonyl (C=O) groups excluding carboxylic acids is 2. The number of nitrogens with one attached hydrogen (secondary N) is 1. The first-order chi connectivity index (χ1) is 13.9. The van der Waals surface area contributed by atoms with Crippen LogP contribution in [-0.4, -0.2) is 54.7 Å². The molecule has 1 saturated heterocycles. The number of carbonyl (C=O) groups is 2. The lowest BCUT2D eigenvalue weighted by Crippen LogP contribution is -3.13. The molecule has 156 valence electrons. The van der Waals surface area contributed by atoms with Crippen molar-refractivity contribution in [1.29, 1.82) is 0 Å². The molecule has 8 heteroatoms. The van der Waals surface area contributed by atoms with E-state index in [0.717, 1.165) is 42.1 Å². The third-order valence-electron chi connectivity index (χ3n) is 5.14. The predicted octanol–water partition coefficient (Wildman–Crippen LogP) is 2.30. The van der Waals surface area contributed by atoms with Gasteiger partial charge in [0.2, 0.25) is 5.91 Å². The van der Waals surface area contributed by atoms with Crippen LogP contribution in [0, 0.1) is 13.8 Å². The summed E-state index contributed by atoms with van der Waals surface area (Å²) < 4.78 is 5.08. The normalized spacial score (nSPS) is 14.7. The number of benzene rings is 1. The second-order valence-electron chi connectivity index (χ2n) is 7.33. The molecule has 1 fully saturated rings. The number of piperazine rings is 1. The number of anilines is 2. The molecule has 1 aliphatic rings. The van der Waals surface area contributed by atoms with Crippen molar-refractivity contribution in [1.82, 2.24) is 9.88 Å². The number of amides is 2. The Morgan fingerprint density at radius 2 is 1.90 bits per heavy atom. The highest BCUT2D eigenvalue weighted by atomic mass is 32.1. The van der Waals surface area contributed by atoms with E-state index in [0.29, 0.717) is 24.8 Å². The maximum absolute atomic E-state index is 12.4. The summed E-state index contributed by atoms with van der Waals surface area (Å²) in [7, 11) is 0. The van der Waals surface area contributed by atoms with Crippen molar-refractivity contribution >= 4 is 34.2 Å². The Morgan fingerprint density at radius 3 is 2.48 bits per heavy atom. The number of para-hydroxylation sites is 1. The fourth-order valence-electron chi connectivity index (χ4n) is 3.68. The standard InChI is InChI=1S/C21H28N4O3S/c1-5-28-21(27)24-11-9-23(10-12-24)13-18-14-29-20(22-18)25(17(4)26)19-15(2)7-6-8-16(19)3/h6-8,14H,5,9-13H2,1-4H3/p+1. The summed E-state index contributed by atoms with van der Waals surface area (Å²) in [5.41, 5.74) is 3.99. The molecular formula is C21H29N4O3S+. The Labute approximate surface area is 175 Å². The summed E-state index contributed by atoms with van der Waals surface area (Å²) in [5, 5.41) is 2.73. The average Bonchev–Trinajstić information content (AvgIpc) is 3.13. The zero-order chi connectivity index (χ0) is 21.0. The molecule has 7 nitrogen and oxygen atoms in total. The highest BCUT2D eigenvalue weighted by Gasteiger charge is 2.26. The number of thiazole rings is 1. The van der Waals surface area contributed by atoms with E-state index in [1.807, 2.05) is 44.4 Å². The third kappa shape index (κ3) is 4.94. The number of nitrogens with zero attached hydrogens (tertiary/aromatic N) is 3. The molecule has 1 aromatic heterocycles. The van der Waals surface area contributed by atoms with Gasteiger partial charge in [0, 0.05) is 12.3 Å². The molecule has 3 rings (SSSR count). The first-order valence-corrected chi connectivity index (χ1v) is 10.8. The summed E-state index contributed by atoms with van der Waals surface area (Å²) in [6, 6.07) is 6.03. The van der Waals surface area contributed by atoms with Gasteiger partial charge in [-0.15, -0.1) is 11.3 Å². The summed E-state index contributed by atoms with van der Waals surface area (Å²) in [6.07, 6.45) is -0.229. The molecule has 1 aromatic carbocycles. The molecular weight excluding hydrogens is 388 g/mol. The Kier molecular flexibility index (Phi) is 6.87. The van der Waals surface area contributed by atoms with Crippen molar-refractivity contribution in [2.75, 3.05) is 37.7 Å². The minimum absolute atomic E-state index is 0.0429. The molecule has 0 saturated carbocycles. The molecule has 2 amide bonds. The maximum Gasteiger partial charge on any atom is 0.410 e. The molecule has 1 aliphatic heterocycles. The van der Waals surface area contributed by atoms with Gasteiger partial charge in [-0.25, -0.2) is 9.78 Å². The molecule has 0 atom stereocenters. The molecule has 2 aromatic rings. The highest BCUT2D eigenvalue weighted by Crippen LogP contribution is 2.33. The van der Waals surface area contributed by atoms with Gasteiger partial charge in [0.1, 0.15) is 12.2 Å². The number of hydrogen-bond donors (Lipinski definition) is 1. The lowest BCUT2D eigenvalue weighted by molar-refractivity contribution is -0.917. The van der Waals surface area contributed by atoms with Crippen LogP contribution >= 0.6 is 11.3 Å². The highest BCUT2D eigenvalue weighted by molar-refractivity contribution is 7.14. The van der Waals surface area contributed by atoms with Crippen molar-refractivity contribution in [3.8, 4) is 0 Å². The van der Waals surface area contributed by atoms with Crippen LogP contribution in [0.25, 0.3) is 0 Å². The van der Waals surface area contributed by atoms with Crippen LogP contribution in [0.2, 0.25) is 0 Å². The molecule has 0 bridgehead atoms. The van der Waals surface area contributed by atoms with Crippen molar-refractivity contribution < 1.29 is 19.2 Å². The van der Waals surface area contributed by atoms with Crippen LogP contribution < -0.4 is 9.80 Å². The van der Waals surface area contributed by atoms with Crippen LogP contribution in [0.1, 0.15) is 30.7 Å². The average molecular weight is 418 g/mol. The lowest BCUT2D eigenvalue weighted by atomic mass is 10.1. The Hall–Kier alpha value is -2.45.